The van der Waals surface area contributed by atoms with Gasteiger partial charge in [-0.1, -0.05) is 0 Å². The first-order chi connectivity index (χ1) is 5.57. The molecule has 0 radical (unpaired) electrons. The van der Waals surface area contributed by atoms with Crippen molar-refractivity contribution in [2.45, 2.75) is 18.3 Å². The Bertz CT molecular complexity index is 217. The number of ketones is 1. The molecule has 0 aromatic carbocycles. The summed E-state index contributed by atoms with van der Waals surface area (Å²) in [6, 6.07) is 0. The van der Waals surface area contributed by atoms with Crippen molar-refractivity contribution in [2.75, 3.05) is 6.61 Å². The minimum Gasteiger partial charge on any atom is -0.843 e. The Labute approximate surface area is 95.8 Å². The maximum absolute atomic E-state index is 10.8. The topological polar surface area (TPSA) is 107 Å². The molecule has 1 unspecified atom stereocenters. The largest absolute Gasteiger partial charge is 1.00 e. The molecule has 1 saturated heterocycles. The van der Waals surface area contributed by atoms with Gasteiger partial charge in [-0.25, -0.2) is 4.79 Å². The molecular weight excluding hydrogens is 191 g/mol. The van der Waals surface area contributed by atoms with Crippen LogP contribution in [0.2, 0.25) is 0 Å². The van der Waals surface area contributed by atoms with E-state index in [1.54, 1.807) is 0 Å². The smallest absolute Gasteiger partial charge is 0.843 e. The second-order valence-electron chi connectivity index (χ2n) is 2.40. The number of Topliss-reactive ketones (excluding diaryl/α,β-unsaturated/α-hetero) is 1. The summed E-state index contributed by atoms with van der Waals surface area (Å²) in [5, 5.41) is 28.1. The van der Waals surface area contributed by atoms with Crippen LogP contribution in [0.1, 0.15) is 0 Å². The zero-order valence-corrected chi connectivity index (χ0v) is 8.97. The molecule has 2 N–H and O–H groups in total. The minimum absolute atomic E-state index is 0. The third kappa shape index (κ3) is 2.49. The Morgan fingerprint density at radius 2 is 2.08 bits per heavy atom. The SMILES string of the molecule is O=C1O[C@H]([C@@H](O)CO)C([O-])C1=O.[Na+]. The first kappa shape index (κ1) is 13.0. The van der Waals surface area contributed by atoms with Crippen LogP contribution >= 0.6 is 0 Å². The van der Waals surface area contributed by atoms with E-state index in [-0.39, 0.29) is 29.6 Å². The van der Waals surface area contributed by atoms with Crippen molar-refractivity contribution in [3.05, 3.63) is 0 Å². The van der Waals surface area contributed by atoms with Crippen molar-refractivity contribution >= 4 is 11.8 Å². The van der Waals surface area contributed by atoms with Crippen molar-refractivity contribution in [1.82, 2.24) is 0 Å². The molecule has 1 aliphatic rings. The van der Waals surface area contributed by atoms with E-state index in [1.807, 2.05) is 0 Å². The molecule has 0 aliphatic carbocycles. The number of cyclic esters (lactones) is 1. The quantitative estimate of drug-likeness (QED) is 0.259. The summed E-state index contributed by atoms with van der Waals surface area (Å²) in [6.45, 7) is -0.718. The number of hydrogen-bond acceptors (Lipinski definition) is 6. The third-order valence-electron chi connectivity index (χ3n) is 1.57. The Balaban J connectivity index is 0.00000144. The summed E-state index contributed by atoms with van der Waals surface area (Å²) in [5.74, 6) is -2.44. The zero-order chi connectivity index (χ0) is 9.30. The molecule has 0 saturated carbocycles. The number of aliphatic hydroxyl groups excluding tert-OH is 2. The predicted octanol–water partition coefficient (Wildman–Crippen LogP) is -6.43. The predicted molar refractivity (Wildman–Crippen MR) is 31.8 cm³/mol. The third-order valence-corrected chi connectivity index (χ3v) is 1.57. The summed E-state index contributed by atoms with van der Waals surface area (Å²) in [7, 11) is 0. The van der Waals surface area contributed by atoms with E-state index in [0.29, 0.717) is 0 Å². The Morgan fingerprint density at radius 3 is 2.38 bits per heavy atom. The maximum Gasteiger partial charge on any atom is 1.00 e. The molecule has 0 amide bonds. The van der Waals surface area contributed by atoms with Crippen LogP contribution in [0.25, 0.3) is 0 Å². The normalized spacial score (nSPS) is 29.5. The molecule has 1 rings (SSSR count). The van der Waals surface area contributed by atoms with E-state index in [1.165, 1.54) is 0 Å². The zero-order valence-electron chi connectivity index (χ0n) is 6.97. The van der Waals surface area contributed by atoms with Gasteiger partial charge in [0.05, 0.1) is 6.61 Å². The molecule has 6 nitrogen and oxygen atoms in total. The molecule has 1 fully saturated rings. The number of carbonyl (C=O) groups excluding carboxylic acids is 2. The van der Waals surface area contributed by atoms with E-state index in [2.05, 4.69) is 4.74 Å². The van der Waals surface area contributed by atoms with Crippen molar-refractivity contribution in [3.8, 4) is 0 Å². The van der Waals surface area contributed by atoms with Crippen LogP contribution in [0, 0.1) is 0 Å². The van der Waals surface area contributed by atoms with Gasteiger partial charge in [-0.15, -0.1) is 0 Å². The van der Waals surface area contributed by atoms with Crippen LogP contribution < -0.4 is 34.7 Å². The monoisotopic (exact) mass is 198 g/mol. The summed E-state index contributed by atoms with van der Waals surface area (Å²) < 4.78 is 4.23. The Kier molecular flexibility index (Phi) is 5.05. The van der Waals surface area contributed by atoms with Gasteiger partial charge in [0.25, 0.3) is 0 Å². The fourth-order valence-electron chi connectivity index (χ4n) is 0.893. The van der Waals surface area contributed by atoms with E-state index >= 15 is 0 Å². The minimum atomic E-state index is -1.92. The fourth-order valence-corrected chi connectivity index (χ4v) is 0.893. The average Bonchev–Trinajstić information content (AvgIpc) is 2.32. The standard InChI is InChI=1S/C6H7O6.Na/c7-1-2(8)5-3(9)4(10)6(11)12-5;/h2-3,5,7-8H,1H2;/q-1;+1/t2-,3?,5+;/m0./s1. The summed E-state index contributed by atoms with van der Waals surface area (Å²) >= 11 is 0. The summed E-state index contributed by atoms with van der Waals surface area (Å²) in [6.07, 6.45) is -4.85. The van der Waals surface area contributed by atoms with Crippen LogP contribution in [0.3, 0.4) is 0 Å². The molecule has 1 aliphatic heterocycles. The molecule has 13 heavy (non-hydrogen) atoms. The summed E-state index contributed by atoms with van der Waals surface area (Å²) in [5.41, 5.74) is 0. The van der Waals surface area contributed by atoms with E-state index < -0.39 is 36.7 Å². The van der Waals surface area contributed by atoms with Crippen molar-refractivity contribution in [2.24, 2.45) is 0 Å². The molecule has 7 heteroatoms. The molecule has 0 bridgehead atoms. The fraction of sp³-hybridized carbons (Fsp3) is 0.667. The van der Waals surface area contributed by atoms with Crippen LogP contribution in [-0.2, 0) is 14.3 Å². The van der Waals surface area contributed by atoms with Crippen LogP contribution in [0.4, 0.5) is 0 Å². The molecular formula is C6H7NaO6. The first-order valence-electron chi connectivity index (χ1n) is 3.27. The van der Waals surface area contributed by atoms with Gasteiger partial charge in [0.1, 0.15) is 12.2 Å². The number of rotatable bonds is 2. The number of hydrogen-bond donors (Lipinski definition) is 2. The number of ether oxygens (including phenoxy) is 1. The van der Waals surface area contributed by atoms with Crippen LogP contribution in [0.5, 0.6) is 0 Å². The second kappa shape index (κ2) is 5.04. The Hall–Kier alpha value is 0.0200. The number of carbonyl (C=O) groups is 2. The van der Waals surface area contributed by atoms with Crippen LogP contribution in [-0.4, -0.2) is 46.9 Å². The molecule has 68 valence electrons. The van der Waals surface area contributed by atoms with Gasteiger partial charge in [-0.05, 0) is 6.10 Å². The first-order valence-corrected chi connectivity index (χ1v) is 3.27. The van der Waals surface area contributed by atoms with E-state index in [4.69, 9.17) is 10.2 Å². The molecule has 0 spiro atoms. The van der Waals surface area contributed by atoms with Crippen LogP contribution in [0.15, 0.2) is 0 Å². The number of aliphatic hydroxyl groups is 2. The van der Waals surface area contributed by atoms with Gasteiger partial charge >= 0.3 is 35.5 Å². The van der Waals surface area contributed by atoms with Gasteiger partial charge in [-0.2, -0.15) is 0 Å². The van der Waals surface area contributed by atoms with Crippen molar-refractivity contribution in [3.63, 3.8) is 0 Å². The van der Waals surface area contributed by atoms with Gasteiger partial charge in [0, 0.05) is 0 Å². The van der Waals surface area contributed by atoms with E-state index in [0.717, 1.165) is 0 Å². The van der Waals surface area contributed by atoms with Gasteiger partial charge < -0.3 is 20.1 Å². The van der Waals surface area contributed by atoms with Gasteiger partial charge in [0.15, 0.2) is 0 Å². The number of esters is 1. The van der Waals surface area contributed by atoms with E-state index in [9.17, 15) is 14.7 Å². The molecule has 0 aromatic heterocycles. The molecule has 0 aromatic rings. The maximum atomic E-state index is 10.8. The van der Waals surface area contributed by atoms with Gasteiger partial charge in [-0.3, -0.25) is 4.79 Å². The van der Waals surface area contributed by atoms with Crippen molar-refractivity contribution in [1.29, 1.82) is 0 Å². The summed E-state index contributed by atoms with van der Waals surface area (Å²) in [4.78, 5) is 21.0. The Morgan fingerprint density at radius 1 is 1.54 bits per heavy atom. The van der Waals surface area contributed by atoms with Gasteiger partial charge in [0.2, 0.25) is 5.78 Å². The molecule has 1 heterocycles. The van der Waals surface area contributed by atoms with Crippen molar-refractivity contribution < 1.29 is 59.2 Å². The molecule has 3 atom stereocenters. The average molecular weight is 198 g/mol. The second-order valence-corrected chi connectivity index (χ2v) is 2.40.